The van der Waals surface area contributed by atoms with Crippen LogP contribution < -0.4 is 0 Å². The molecule has 0 spiro atoms. The third-order valence-electron chi connectivity index (χ3n) is 8.87. The van der Waals surface area contributed by atoms with E-state index in [0.717, 1.165) is 71.7 Å². The van der Waals surface area contributed by atoms with Crippen LogP contribution in [0.15, 0.2) is 175 Å². The molecule has 0 fully saturated rings. The number of hydrogen-bond donors (Lipinski definition) is 0. The molecule has 0 radical (unpaired) electrons. The van der Waals surface area contributed by atoms with E-state index < -0.39 is 0 Å². The van der Waals surface area contributed by atoms with Crippen LogP contribution in [0.4, 0.5) is 5.69 Å². The molecular weight excluding hydrogens is 601 g/mol. The SMILES string of the molecule is C=C(c1ccccc1)c1sc2ccccc2c1/N=C(\C)c1cc(-c2ccccc2)cc(-c2ccc(-c3nccc4ccccc34)cc2)c1. The van der Waals surface area contributed by atoms with Gasteiger partial charge in [0.1, 0.15) is 0 Å². The fourth-order valence-electron chi connectivity index (χ4n) is 6.32. The fraction of sp³-hybridized carbons (Fsp3) is 0.0222. The Labute approximate surface area is 285 Å². The van der Waals surface area contributed by atoms with Gasteiger partial charge in [-0.3, -0.25) is 9.98 Å². The quantitative estimate of drug-likeness (QED) is 0.161. The lowest BCUT2D eigenvalue weighted by molar-refractivity contribution is 1.36. The maximum absolute atomic E-state index is 5.37. The third-order valence-corrected chi connectivity index (χ3v) is 10.1. The number of hydrogen-bond acceptors (Lipinski definition) is 3. The van der Waals surface area contributed by atoms with Gasteiger partial charge in [-0.15, -0.1) is 11.3 Å². The number of benzene rings is 6. The van der Waals surface area contributed by atoms with E-state index in [-0.39, 0.29) is 0 Å². The van der Waals surface area contributed by atoms with Crippen molar-refractivity contribution < 1.29 is 0 Å². The minimum Gasteiger partial charge on any atom is -0.256 e. The Balaban J connectivity index is 1.24. The van der Waals surface area contributed by atoms with E-state index in [1.165, 1.54) is 15.6 Å². The molecule has 48 heavy (non-hydrogen) atoms. The van der Waals surface area contributed by atoms with Gasteiger partial charge in [0.25, 0.3) is 0 Å². The van der Waals surface area contributed by atoms with Crippen LogP contribution in [0.25, 0.3) is 59.9 Å². The summed E-state index contributed by atoms with van der Waals surface area (Å²) in [6, 6.07) is 55.5. The molecule has 6 aromatic carbocycles. The van der Waals surface area contributed by atoms with Crippen molar-refractivity contribution in [2.75, 3.05) is 0 Å². The first kappa shape index (κ1) is 29.5. The molecule has 0 saturated carbocycles. The highest BCUT2D eigenvalue weighted by Crippen LogP contribution is 2.44. The van der Waals surface area contributed by atoms with Crippen LogP contribution in [0.1, 0.15) is 22.9 Å². The van der Waals surface area contributed by atoms with E-state index in [4.69, 9.17) is 9.98 Å². The van der Waals surface area contributed by atoms with Gasteiger partial charge < -0.3 is 0 Å². The van der Waals surface area contributed by atoms with Crippen LogP contribution >= 0.6 is 11.3 Å². The van der Waals surface area contributed by atoms with Crippen molar-refractivity contribution in [2.45, 2.75) is 6.92 Å². The molecule has 0 aliphatic rings. The summed E-state index contributed by atoms with van der Waals surface area (Å²) in [5.74, 6) is 0. The summed E-state index contributed by atoms with van der Waals surface area (Å²) in [7, 11) is 0. The Kier molecular flexibility index (Phi) is 7.81. The highest BCUT2D eigenvalue weighted by Gasteiger charge is 2.17. The fourth-order valence-corrected chi connectivity index (χ4v) is 7.46. The standard InChI is InChI=1S/C45H32N2S/c1-30(32-13-5-3-6-14-32)45-44(41-19-11-12-20-42(41)48-45)47-31(2)37-27-38(33-15-7-4-8-16-33)29-39(28-37)34-21-23-36(24-22-34)43-40-18-10-9-17-35(40)25-26-46-43/h3-29H,1H2,2H3/b47-31+. The first-order valence-corrected chi connectivity index (χ1v) is 16.9. The van der Waals surface area contributed by atoms with Gasteiger partial charge in [0, 0.05) is 32.9 Å². The van der Waals surface area contributed by atoms with E-state index in [9.17, 15) is 0 Å². The van der Waals surface area contributed by atoms with Crippen LogP contribution in [0.5, 0.6) is 0 Å². The summed E-state index contributed by atoms with van der Waals surface area (Å²) in [6.45, 7) is 6.64. The van der Waals surface area contributed by atoms with Crippen LogP contribution in [0.3, 0.4) is 0 Å². The largest absolute Gasteiger partial charge is 0.256 e. The molecule has 0 N–H and O–H groups in total. The van der Waals surface area contributed by atoms with Crippen molar-refractivity contribution in [3.05, 3.63) is 187 Å². The molecule has 3 heteroatoms. The molecule has 8 aromatic rings. The van der Waals surface area contributed by atoms with E-state index in [1.54, 1.807) is 11.3 Å². The average molecular weight is 633 g/mol. The van der Waals surface area contributed by atoms with Gasteiger partial charge in [0.15, 0.2) is 0 Å². The van der Waals surface area contributed by atoms with Crippen molar-refractivity contribution in [1.82, 2.24) is 4.98 Å². The van der Waals surface area contributed by atoms with Crippen LogP contribution in [0, 0.1) is 0 Å². The number of aromatic nitrogens is 1. The Morgan fingerprint density at radius 2 is 1.17 bits per heavy atom. The molecule has 0 bridgehead atoms. The zero-order valence-corrected chi connectivity index (χ0v) is 27.4. The molecule has 0 unspecified atom stereocenters. The molecular formula is C45H32N2S. The second-order valence-corrected chi connectivity index (χ2v) is 13.0. The van der Waals surface area contributed by atoms with E-state index >= 15 is 0 Å². The predicted octanol–water partition coefficient (Wildman–Crippen LogP) is 12.7. The number of nitrogens with zero attached hydrogens (tertiary/aromatic N) is 2. The molecule has 228 valence electrons. The molecule has 0 amide bonds. The van der Waals surface area contributed by atoms with Crippen molar-refractivity contribution >= 4 is 49.2 Å². The van der Waals surface area contributed by atoms with Gasteiger partial charge in [-0.25, -0.2) is 0 Å². The van der Waals surface area contributed by atoms with Gasteiger partial charge in [0.2, 0.25) is 0 Å². The zero-order chi connectivity index (χ0) is 32.5. The number of fused-ring (bicyclic) bond motifs is 2. The van der Waals surface area contributed by atoms with Crippen molar-refractivity contribution in [1.29, 1.82) is 0 Å². The summed E-state index contributed by atoms with van der Waals surface area (Å²) >= 11 is 1.75. The van der Waals surface area contributed by atoms with Crippen LogP contribution in [0.2, 0.25) is 0 Å². The van der Waals surface area contributed by atoms with Crippen molar-refractivity contribution in [3.8, 4) is 33.5 Å². The zero-order valence-electron chi connectivity index (χ0n) is 26.6. The number of aliphatic imine (C=N–C) groups is 1. The van der Waals surface area contributed by atoms with Crippen LogP contribution in [-0.2, 0) is 0 Å². The molecule has 2 nitrogen and oxygen atoms in total. The third kappa shape index (κ3) is 5.66. The van der Waals surface area contributed by atoms with Crippen LogP contribution in [-0.4, -0.2) is 10.7 Å². The minimum atomic E-state index is 0.955. The smallest absolute Gasteiger partial charge is 0.0897 e. The summed E-state index contributed by atoms with van der Waals surface area (Å²) in [5.41, 5.74) is 11.8. The Bertz CT molecular complexity index is 2450. The molecule has 0 saturated heterocycles. The monoisotopic (exact) mass is 632 g/mol. The van der Waals surface area contributed by atoms with Gasteiger partial charge in [-0.1, -0.05) is 134 Å². The summed E-state index contributed by atoms with van der Waals surface area (Å²) < 4.78 is 1.20. The second-order valence-electron chi connectivity index (χ2n) is 11.9. The Morgan fingerprint density at radius 3 is 1.92 bits per heavy atom. The van der Waals surface area contributed by atoms with E-state index in [0.29, 0.717) is 0 Å². The first-order chi connectivity index (χ1) is 23.6. The summed E-state index contributed by atoms with van der Waals surface area (Å²) in [5, 5.41) is 3.49. The predicted molar refractivity (Wildman–Crippen MR) is 206 cm³/mol. The molecule has 0 aliphatic heterocycles. The normalized spacial score (nSPS) is 11.6. The van der Waals surface area contributed by atoms with Gasteiger partial charge in [-0.2, -0.15) is 0 Å². The van der Waals surface area contributed by atoms with E-state index in [1.807, 2.05) is 12.3 Å². The molecule has 8 rings (SSSR count). The van der Waals surface area contributed by atoms with Gasteiger partial charge >= 0.3 is 0 Å². The van der Waals surface area contributed by atoms with E-state index in [2.05, 4.69) is 165 Å². The molecule has 0 aliphatic carbocycles. The number of rotatable bonds is 7. The first-order valence-electron chi connectivity index (χ1n) is 16.1. The van der Waals surface area contributed by atoms with Gasteiger partial charge in [0.05, 0.1) is 16.3 Å². The highest BCUT2D eigenvalue weighted by molar-refractivity contribution is 7.20. The Morgan fingerprint density at radius 1 is 0.562 bits per heavy atom. The average Bonchev–Trinajstić information content (AvgIpc) is 3.52. The number of thiophene rings is 1. The highest BCUT2D eigenvalue weighted by atomic mass is 32.1. The topological polar surface area (TPSA) is 25.2 Å². The van der Waals surface area contributed by atoms with Crippen molar-refractivity contribution in [2.24, 2.45) is 4.99 Å². The summed E-state index contributed by atoms with van der Waals surface area (Å²) in [6.07, 6.45) is 1.89. The lowest BCUT2D eigenvalue weighted by Crippen LogP contribution is -1.97. The Hall–Kier alpha value is -5.90. The number of pyridine rings is 1. The minimum absolute atomic E-state index is 0.955. The van der Waals surface area contributed by atoms with Crippen molar-refractivity contribution in [3.63, 3.8) is 0 Å². The van der Waals surface area contributed by atoms with Gasteiger partial charge in [-0.05, 0) is 81.6 Å². The molecule has 2 heterocycles. The molecule has 2 aromatic heterocycles. The lowest BCUT2D eigenvalue weighted by atomic mass is 9.93. The molecule has 0 atom stereocenters. The second kappa shape index (κ2) is 12.7. The summed E-state index contributed by atoms with van der Waals surface area (Å²) in [4.78, 5) is 11.2. The lowest BCUT2D eigenvalue weighted by Gasteiger charge is -2.12. The maximum atomic E-state index is 5.37. The maximum Gasteiger partial charge on any atom is 0.0897 e.